The number of benzene rings is 1. The van der Waals surface area contributed by atoms with Gasteiger partial charge in [0.1, 0.15) is 5.82 Å². The number of alkyl halides is 1. The zero-order valence-corrected chi connectivity index (χ0v) is 13.3. The number of hydrogen-bond acceptors (Lipinski definition) is 3. The molecule has 0 aliphatic rings. The van der Waals surface area contributed by atoms with Gasteiger partial charge in [-0.25, -0.2) is 18.1 Å². The van der Waals surface area contributed by atoms with Crippen LogP contribution < -0.4 is 4.72 Å². The molecule has 0 aliphatic heterocycles. The Hall–Kier alpha value is -1.11. The summed E-state index contributed by atoms with van der Waals surface area (Å²) in [4.78, 5) is 4.58. The summed E-state index contributed by atoms with van der Waals surface area (Å²) in [5.74, 6) is 0.756. The van der Waals surface area contributed by atoms with Gasteiger partial charge >= 0.3 is 0 Å². The fourth-order valence-corrected chi connectivity index (χ4v) is 2.82. The van der Waals surface area contributed by atoms with E-state index in [2.05, 4.69) is 9.71 Å². The van der Waals surface area contributed by atoms with Crippen molar-refractivity contribution in [2.75, 3.05) is 12.8 Å². The number of fused-ring (bicyclic) bond motifs is 1. The lowest BCUT2D eigenvalue weighted by Gasteiger charge is -2.10. The summed E-state index contributed by atoms with van der Waals surface area (Å²) < 4.78 is 26.7. The van der Waals surface area contributed by atoms with Crippen molar-refractivity contribution in [3.8, 4) is 0 Å². The summed E-state index contributed by atoms with van der Waals surface area (Å²) in [5, 5.41) is -0.236. The minimum atomic E-state index is -3.19. The van der Waals surface area contributed by atoms with Gasteiger partial charge in [0.2, 0.25) is 10.0 Å². The molecule has 1 aromatic heterocycles. The van der Waals surface area contributed by atoms with Gasteiger partial charge in [-0.1, -0.05) is 12.1 Å². The van der Waals surface area contributed by atoms with Gasteiger partial charge in [0.05, 0.1) is 22.7 Å². The topological polar surface area (TPSA) is 64.0 Å². The van der Waals surface area contributed by atoms with Gasteiger partial charge < -0.3 is 4.57 Å². The number of sulfonamides is 1. The normalized spacial score (nSPS) is 13.8. The molecule has 0 saturated heterocycles. The van der Waals surface area contributed by atoms with Crippen LogP contribution in [-0.4, -0.2) is 30.8 Å². The standard InChI is InChI=1S/C13H18ClN3O2S/c1-9-5-4-6-11-12(9)16-13(10(2)14)17(11)8-7-15-20(3,18)19/h4-6,10,15H,7-8H2,1-3H3. The molecule has 0 radical (unpaired) electrons. The number of nitrogens with zero attached hydrogens (tertiary/aromatic N) is 2. The van der Waals surface area contributed by atoms with Crippen molar-refractivity contribution in [3.05, 3.63) is 29.6 Å². The Morgan fingerprint density at radius 1 is 1.45 bits per heavy atom. The molecule has 0 amide bonds. The van der Waals surface area contributed by atoms with Gasteiger partial charge in [-0.3, -0.25) is 0 Å². The fraction of sp³-hybridized carbons (Fsp3) is 0.462. The molecule has 1 heterocycles. The second-order valence-electron chi connectivity index (χ2n) is 4.85. The molecule has 0 saturated carbocycles. The van der Waals surface area contributed by atoms with E-state index < -0.39 is 10.0 Å². The quantitative estimate of drug-likeness (QED) is 0.860. The monoisotopic (exact) mass is 315 g/mol. The Balaban J connectivity index is 2.39. The molecule has 0 fully saturated rings. The van der Waals surface area contributed by atoms with Crippen molar-refractivity contribution in [1.82, 2.24) is 14.3 Å². The van der Waals surface area contributed by atoms with E-state index in [0.717, 1.165) is 28.7 Å². The van der Waals surface area contributed by atoms with Crippen molar-refractivity contribution >= 4 is 32.7 Å². The van der Waals surface area contributed by atoms with Crippen LogP contribution in [-0.2, 0) is 16.6 Å². The third-order valence-electron chi connectivity index (χ3n) is 3.07. The predicted molar refractivity (Wildman–Crippen MR) is 81.6 cm³/mol. The van der Waals surface area contributed by atoms with Crippen LogP contribution in [0.4, 0.5) is 0 Å². The third-order valence-corrected chi connectivity index (χ3v) is 3.99. The van der Waals surface area contributed by atoms with E-state index in [-0.39, 0.29) is 5.38 Å². The van der Waals surface area contributed by atoms with Crippen LogP contribution in [0, 0.1) is 6.92 Å². The molecule has 1 N–H and O–H groups in total. The number of rotatable bonds is 5. The number of para-hydroxylation sites is 1. The van der Waals surface area contributed by atoms with Crippen LogP contribution in [0.5, 0.6) is 0 Å². The van der Waals surface area contributed by atoms with Crippen molar-refractivity contribution < 1.29 is 8.42 Å². The van der Waals surface area contributed by atoms with Crippen LogP contribution in [0.1, 0.15) is 23.7 Å². The second kappa shape index (κ2) is 5.71. The minimum Gasteiger partial charge on any atom is -0.325 e. The van der Waals surface area contributed by atoms with Crippen LogP contribution >= 0.6 is 11.6 Å². The van der Waals surface area contributed by atoms with Crippen molar-refractivity contribution in [2.45, 2.75) is 25.8 Å². The predicted octanol–water partition coefficient (Wildman–Crippen LogP) is 2.19. The Morgan fingerprint density at radius 3 is 2.75 bits per heavy atom. The van der Waals surface area contributed by atoms with Crippen molar-refractivity contribution in [1.29, 1.82) is 0 Å². The van der Waals surface area contributed by atoms with E-state index in [1.54, 1.807) is 0 Å². The molecule has 1 atom stereocenters. The first-order valence-electron chi connectivity index (χ1n) is 6.34. The first kappa shape index (κ1) is 15.3. The van der Waals surface area contributed by atoms with Gasteiger partial charge in [0, 0.05) is 13.1 Å². The molecule has 1 aromatic carbocycles. The summed E-state index contributed by atoms with van der Waals surface area (Å²) in [6.45, 7) is 4.67. The number of halogens is 1. The maximum atomic E-state index is 11.1. The summed E-state index contributed by atoms with van der Waals surface area (Å²) in [7, 11) is -3.19. The highest BCUT2D eigenvalue weighted by Gasteiger charge is 2.16. The summed E-state index contributed by atoms with van der Waals surface area (Å²) in [5.41, 5.74) is 2.97. The van der Waals surface area contributed by atoms with E-state index in [1.165, 1.54) is 0 Å². The first-order chi connectivity index (χ1) is 9.29. The molecule has 2 aromatic rings. The highest BCUT2D eigenvalue weighted by Crippen LogP contribution is 2.26. The van der Waals surface area contributed by atoms with Crippen LogP contribution in [0.3, 0.4) is 0 Å². The van der Waals surface area contributed by atoms with Gasteiger partial charge in [-0.2, -0.15) is 0 Å². The van der Waals surface area contributed by atoms with Gasteiger partial charge in [0.15, 0.2) is 0 Å². The van der Waals surface area contributed by atoms with Crippen LogP contribution in [0.25, 0.3) is 11.0 Å². The molecule has 5 nitrogen and oxygen atoms in total. The molecule has 0 aliphatic carbocycles. The Kier molecular flexibility index (Phi) is 4.36. The highest BCUT2D eigenvalue weighted by molar-refractivity contribution is 7.88. The molecule has 20 heavy (non-hydrogen) atoms. The smallest absolute Gasteiger partial charge is 0.208 e. The third kappa shape index (κ3) is 3.31. The SMILES string of the molecule is Cc1cccc2c1nc(C(C)Cl)n2CCNS(C)(=O)=O. The number of nitrogens with one attached hydrogen (secondary N) is 1. The highest BCUT2D eigenvalue weighted by atomic mass is 35.5. The lowest BCUT2D eigenvalue weighted by Crippen LogP contribution is -2.26. The largest absolute Gasteiger partial charge is 0.325 e. The number of hydrogen-bond donors (Lipinski definition) is 1. The van der Waals surface area contributed by atoms with E-state index in [0.29, 0.717) is 13.1 Å². The lowest BCUT2D eigenvalue weighted by molar-refractivity contribution is 0.577. The van der Waals surface area contributed by atoms with E-state index >= 15 is 0 Å². The Labute approximate surface area is 124 Å². The van der Waals surface area contributed by atoms with E-state index in [1.807, 2.05) is 36.6 Å². The van der Waals surface area contributed by atoms with Crippen LogP contribution in [0.15, 0.2) is 18.2 Å². The zero-order chi connectivity index (χ0) is 14.9. The molecular formula is C13H18ClN3O2S. The average Bonchev–Trinajstić information content (AvgIpc) is 2.68. The zero-order valence-electron chi connectivity index (χ0n) is 11.7. The van der Waals surface area contributed by atoms with Crippen LogP contribution in [0.2, 0.25) is 0 Å². The van der Waals surface area contributed by atoms with Crippen molar-refractivity contribution in [2.24, 2.45) is 0 Å². The van der Waals surface area contributed by atoms with E-state index in [9.17, 15) is 8.42 Å². The summed E-state index contributed by atoms with van der Waals surface area (Å²) in [6.07, 6.45) is 1.15. The second-order valence-corrected chi connectivity index (χ2v) is 7.33. The maximum Gasteiger partial charge on any atom is 0.208 e. The molecule has 110 valence electrons. The molecule has 0 spiro atoms. The lowest BCUT2D eigenvalue weighted by atomic mass is 10.2. The maximum absolute atomic E-state index is 11.1. The number of aryl methyl sites for hydroxylation is 1. The molecule has 7 heteroatoms. The first-order valence-corrected chi connectivity index (χ1v) is 8.67. The summed E-state index contributed by atoms with van der Waals surface area (Å²) >= 11 is 6.18. The molecule has 2 rings (SSSR count). The number of aromatic nitrogens is 2. The molecule has 0 bridgehead atoms. The Bertz CT molecular complexity index is 723. The molecule has 1 unspecified atom stereocenters. The van der Waals surface area contributed by atoms with Gasteiger partial charge in [-0.15, -0.1) is 11.6 Å². The van der Waals surface area contributed by atoms with Gasteiger partial charge in [-0.05, 0) is 25.5 Å². The Morgan fingerprint density at radius 2 is 2.15 bits per heavy atom. The fourth-order valence-electron chi connectivity index (χ4n) is 2.19. The average molecular weight is 316 g/mol. The van der Waals surface area contributed by atoms with Crippen molar-refractivity contribution in [3.63, 3.8) is 0 Å². The number of imidazole rings is 1. The summed E-state index contributed by atoms with van der Waals surface area (Å²) in [6, 6.07) is 5.93. The minimum absolute atomic E-state index is 0.236. The van der Waals surface area contributed by atoms with Gasteiger partial charge in [0.25, 0.3) is 0 Å². The van der Waals surface area contributed by atoms with E-state index in [4.69, 9.17) is 11.6 Å². The molecular weight excluding hydrogens is 298 g/mol.